The minimum Gasteiger partial charge on any atom is -0.481 e. The molecule has 14 nitrogen and oxygen atoms in total. The Morgan fingerprint density at radius 2 is 1.49 bits per heavy atom. The van der Waals surface area contributed by atoms with Gasteiger partial charge in [-0.25, -0.2) is 14.7 Å². The first kappa shape index (κ1) is 30.4. The van der Waals surface area contributed by atoms with Crippen molar-refractivity contribution in [3.63, 3.8) is 0 Å². The van der Waals surface area contributed by atoms with Crippen LogP contribution < -0.4 is 32.5 Å². The number of hydrogen-bond donors (Lipinski definition) is 5. The fourth-order valence-electron chi connectivity index (χ4n) is 7.19. The highest BCUT2D eigenvalue weighted by molar-refractivity contribution is 5.96. The molecule has 2 fully saturated rings. The molecule has 45 heavy (non-hydrogen) atoms. The quantitative estimate of drug-likeness (QED) is 0.281. The molecule has 14 heteroatoms. The highest BCUT2D eigenvalue weighted by Gasteiger charge is 2.36. The molecule has 1 amide bonds. The number of aromatic nitrogens is 3. The van der Waals surface area contributed by atoms with Crippen molar-refractivity contribution < 1.29 is 29.7 Å². The number of carboxylic acids is 2. The monoisotopic (exact) mass is 620 g/mol. The maximum absolute atomic E-state index is 13.4. The SMILES string of the molecule is CC1=c2c([nH]n(C3CCC(C(=O)O)CC3)c2=O)=NC(O)C1C=CC=c1c(C)c2c([nH]c1=O)=NN(C1CCC(C(=O)O)CC1)C2=O. The largest absolute Gasteiger partial charge is 0.481 e. The number of nitrogens with one attached hydrogen (secondary N) is 2. The van der Waals surface area contributed by atoms with Crippen molar-refractivity contribution in [3.05, 3.63) is 65.4 Å². The van der Waals surface area contributed by atoms with E-state index in [4.69, 9.17) is 0 Å². The fraction of sp³-hybridized carbons (Fsp3) is 0.516. The Kier molecular flexibility index (Phi) is 7.93. The smallest absolute Gasteiger partial charge is 0.306 e. The highest BCUT2D eigenvalue weighted by Crippen LogP contribution is 2.31. The van der Waals surface area contributed by atoms with Gasteiger partial charge in [-0.15, -0.1) is 0 Å². The number of carbonyl (C=O) groups excluding carboxylic acids is 1. The molecule has 0 spiro atoms. The number of carbonyl (C=O) groups is 3. The topological polar surface area (TPSA) is 211 Å². The van der Waals surface area contributed by atoms with Gasteiger partial charge in [0.1, 0.15) is 0 Å². The first-order valence-corrected chi connectivity index (χ1v) is 15.3. The molecular weight excluding hydrogens is 584 g/mol. The lowest BCUT2D eigenvalue weighted by atomic mass is 9.86. The zero-order valence-corrected chi connectivity index (χ0v) is 25.0. The Morgan fingerprint density at radius 3 is 2.09 bits per heavy atom. The second kappa shape index (κ2) is 11.7. The summed E-state index contributed by atoms with van der Waals surface area (Å²) in [4.78, 5) is 69.4. The maximum Gasteiger partial charge on any atom is 0.306 e. The molecule has 6 rings (SSSR count). The van der Waals surface area contributed by atoms with E-state index in [9.17, 15) is 39.3 Å². The van der Waals surface area contributed by atoms with Crippen LogP contribution >= 0.6 is 0 Å². The fourth-order valence-corrected chi connectivity index (χ4v) is 7.19. The van der Waals surface area contributed by atoms with E-state index in [1.165, 1.54) is 9.69 Å². The van der Waals surface area contributed by atoms with Gasteiger partial charge in [0.05, 0.1) is 34.7 Å². The molecule has 2 aromatic rings. The van der Waals surface area contributed by atoms with Gasteiger partial charge in [0.2, 0.25) is 0 Å². The summed E-state index contributed by atoms with van der Waals surface area (Å²) in [6.45, 7) is 3.42. The number of amides is 1. The summed E-state index contributed by atoms with van der Waals surface area (Å²) in [5.41, 5.74) is 1.12. The predicted molar refractivity (Wildman–Crippen MR) is 159 cm³/mol. The second-order valence-corrected chi connectivity index (χ2v) is 12.5. The third kappa shape index (κ3) is 5.36. The number of H-pyrrole nitrogens is 2. The summed E-state index contributed by atoms with van der Waals surface area (Å²) in [5.74, 6) is -3.48. The van der Waals surface area contributed by atoms with Crippen molar-refractivity contribution in [2.24, 2.45) is 27.8 Å². The summed E-state index contributed by atoms with van der Waals surface area (Å²) in [6, 6.07) is -0.422. The Hall–Kier alpha value is -4.59. The summed E-state index contributed by atoms with van der Waals surface area (Å²) in [6.07, 6.45) is 7.61. The molecule has 238 valence electrons. The summed E-state index contributed by atoms with van der Waals surface area (Å²) in [5, 5.41) is 38.8. The predicted octanol–water partition coefficient (Wildman–Crippen LogP) is -0.602. The zero-order chi connectivity index (χ0) is 32.2. The van der Waals surface area contributed by atoms with Gasteiger partial charge in [0.15, 0.2) is 17.2 Å². The molecule has 0 saturated heterocycles. The minimum absolute atomic E-state index is 0.180. The number of carboxylic acid groups (broad SMARTS) is 2. The van der Waals surface area contributed by atoms with Crippen LogP contribution in [0.4, 0.5) is 0 Å². The average molecular weight is 621 g/mol. The van der Waals surface area contributed by atoms with E-state index < -0.39 is 41.5 Å². The van der Waals surface area contributed by atoms with Gasteiger partial charge < -0.3 is 20.3 Å². The third-order valence-electron chi connectivity index (χ3n) is 9.88. The van der Waals surface area contributed by atoms with E-state index in [1.807, 2.05) is 0 Å². The molecule has 0 aromatic carbocycles. The van der Waals surface area contributed by atoms with Crippen molar-refractivity contribution >= 4 is 29.5 Å². The number of fused-ring (bicyclic) bond motifs is 2. The number of aliphatic carboxylic acids is 2. The van der Waals surface area contributed by atoms with Crippen molar-refractivity contribution in [1.82, 2.24) is 19.8 Å². The Morgan fingerprint density at radius 1 is 0.889 bits per heavy atom. The van der Waals surface area contributed by atoms with E-state index >= 15 is 0 Å². The van der Waals surface area contributed by atoms with E-state index in [0.29, 0.717) is 73.3 Å². The first-order chi connectivity index (χ1) is 21.5. The number of allylic oxidation sites excluding steroid dienone is 1. The van der Waals surface area contributed by atoms with Gasteiger partial charge in [0.25, 0.3) is 17.0 Å². The van der Waals surface area contributed by atoms with E-state index in [0.717, 1.165) is 0 Å². The molecule has 4 aliphatic rings. The Balaban J connectivity index is 1.25. The second-order valence-electron chi connectivity index (χ2n) is 12.5. The molecule has 4 heterocycles. The lowest BCUT2D eigenvalue weighted by molar-refractivity contribution is -0.144. The first-order valence-electron chi connectivity index (χ1n) is 15.3. The molecule has 5 N–H and O–H groups in total. The summed E-state index contributed by atoms with van der Waals surface area (Å²) in [7, 11) is 0. The van der Waals surface area contributed by atoms with E-state index in [2.05, 4.69) is 20.2 Å². The molecule has 0 radical (unpaired) electrons. The van der Waals surface area contributed by atoms with Gasteiger partial charge in [0, 0.05) is 11.1 Å². The Labute approximate surface area is 255 Å². The van der Waals surface area contributed by atoms with Crippen molar-refractivity contribution in [2.45, 2.75) is 83.5 Å². The summed E-state index contributed by atoms with van der Waals surface area (Å²) < 4.78 is 1.50. The van der Waals surface area contributed by atoms with Crippen molar-refractivity contribution in [3.8, 4) is 0 Å². The molecule has 0 bridgehead atoms. The molecule has 2 aromatic heterocycles. The molecule has 2 unspecified atom stereocenters. The number of aliphatic hydroxyl groups is 1. The highest BCUT2D eigenvalue weighted by atomic mass is 16.4. The van der Waals surface area contributed by atoms with Crippen LogP contribution in [0.2, 0.25) is 0 Å². The number of aliphatic hydroxyl groups excluding tert-OH is 1. The Bertz CT molecular complexity index is 1970. The average Bonchev–Trinajstić information content (AvgIpc) is 3.52. The lowest BCUT2D eigenvalue weighted by Crippen LogP contribution is -2.44. The van der Waals surface area contributed by atoms with Gasteiger partial charge in [-0.2, -0.15) is 5.10 Å². The summed E-state index contributed by atoms with van der Waals surface area (Å²) >= 11 is 0. The third-order valence-corrected chi connectivity index (χ3v) is 9.88. The van der Waals surface area contributed by atoms with Gasteiger partial charge in [-0.1, -0.05) is 12.2 Å². The van der Waals surface area contributed by atoms with Crippen molar-refractivity contribution in [2.75, 3.05) is 0 Å². The number of nitrogens with zero attached hydrogens (tertiary/aromatic N) is 4. The van der Waals surface area contributed by atoms with Crippen LogP contribution in [-0.2, 0) is 9.59 Å². The molecule has 2 aliphatic carbocycles. The standard InChI is InChI=1S/C31H36N6O8/c1-14-20(26(38)32-24-22(14)28(40)36(34-24)18-10-6-16(7-11-18)30(42)43)4-3-5-21-15(2)23-25(33-27(21)39)35-37(29(23)41)19-12-8-17(9-13-19)31(44)45/h3-5,16-20,26,38H,6-13H2,1-2H3,(H,32,34)(H,42,43)(H,44,45)(H,33,35,39). The maximum atomic E-state index is 13.4. The number of hydrogen-bond acceptors (Lipinski definition) is 8. The van der Waals surface area contributed by atoms with Crippen LogP contribution in [0.1, 0.15) is 80.3 Å². The van der Waals surface area contributed by atoms with Gasteiger partial charge >= 0.3 is 11.9 Å². The van der Waals surface area contributed by atoms with Gasteiger partial charge in [-0.05, 0) is 82.4 Å². The normalized spacial score (nSPS) is 28.5. The lowest BCUT2D eigenvalue weighted by Gasteiger charge is -2.30. The van der Waals surface area contributed by atoms with Crippen LogP contribution in [0, 0.1) is 24.7 Å². The van der Waals surface area contributed by atoms with E-state index in [-0.39, 0.29) is 39.7 Å². The molecule has 2 aliphatic heterocycles. The van der Waals surface area contributed by atoms with Crippen molar-refractivity contribution in [1.29, 1.82) is 0 Å². The number of rotatable bonds is 6. The molecule has 2 atom stereocenters. The van der Waals surface area contributed by atoms with Crippen LogP contribution in [-0.4, -0.2) is 65.2 Å². The van der Waals surface area contributed by atoms with Crippen LogP contribution in [0.25, 0.3) is 11.6 Å². The van der Waals surface area contributed by atoms with Crippen LogP contribution in [0.3, 0.4) is 0 Å². The van der Waals surface area contributed by atoms with Crippen LogP contribution in [0.5, 0.6) is 0 Å². The van der Waals surface area contributed by atoms with Crippen LogP contribution in [0.15, 0.2) is 31.8 Å². The number of pyridine rings is 1. The minimum atomic E-state index is -1.18. The van der Waals surface area contributed by atoms with E-state index in [1.54, 1.807) is 32.1 Å². The molecular formula is C31H36N6O8. The van der Waals surface area contributed by atoms with Gasteiger partial charge in [-0.3, -0.25) is 29.1 Å². The zero-order valence-electron chi connectivity index (χ0n) is 25.0. The molecule has 2 saturated carbocycles. The number of aromatic amines is 2.